The van der Waals surface area contributed by atoms with Crippen molar-refractivity contribution in [3.8, 4) is 0 Å². The zero-order valence-electron chi connectivity index (χ0n) is 15.5. The first kappa shape index (κ1) is 20.1. The van der Waals surface area contributed by atoms with Gasteiger partial charge < -0.3 is 10.6 Å². The van der Waals surface area contributed by atoms with Gasteiger partial charge in [-0.3, -0.25) is 14.5 Å². The summed E-state index contributed by atoms with van der Waals surface area (Å²) >= 11 is 1.48. The molecule has 0 radical (unpaired) electrons. The van der Waals surface area contributed by atoms with E-state index in [1.807, 2.05) is 55.3 Å². The maximum absolute atomic E-state index is 12.2. The standard InChI is InChI=1S/C19H26N4O2S/c1-4-20-18(25)12-23(5-2)11-15-13-26-19(21-15)10-17(24)22-16-9-7-6-8-14(16)3/h6-9,13H,4-5,10-12H2,1-3H3,(H,20,25)(H,22,24). The quantitative estimate of drug-likeness (QED) is 0.707. The minimum Gasteiger partial charge on any atom is -0.355 e. The van der Waals surface area contributed by atoms with Crippen LogP contribution in [-0.2, 0) is 22.6 Å². The molecule has 0 fully saturated rings. The summed E-state index contributed by atoms with van der Waals surface area (Å²) < 4.78 is 0. The van der Waals surface area contributed by atoms with Gasteiger partial charge in [0, 0.05) is 24.2 Å². The van der Waals surface area contributed by atoms with Gasteiger partial charge in [0.2, 0.25) is 11.8 Å². The fraction of sp³-hybridized carbons (Fsp3) is 0.421. The third kappa shape index (κ3) is 6.24. The first-order valence-corrected chi connectivity index (χ1v) is 9.67. The molecule has 0 saturated carbocycles. The highest BCUT2D eigenvalue weighted by molar-refractivity contribution is 7.09. The van der Waals surface area contributed by atoms with Crippen molar-refractivity contribution in [1.82, 2.24) is 15.2 Å². The summed E-state index contributed by atoms with van der Waals surface area (Å²) in [5, 5.41) is 8.46. The average Bonchev–Trinajstić information content (AvgIpc) is 3.03. The third-order valence-corrected chi connectivity index (χ3v) is 4.80. The minimum atomic E-state index is -0.0742. The number of amides is 2. The van der Waals surface area contributed by atoms with Gasteiger partial charge >= 0.3 is 0 Å². The van der Waals surface area contributed by atoms with Crippen molar-refractivity contribution in [2.24, 2.45) is 0 Å². The highest BCUT2D eigenvalue weighted by atomic mass is 32.1. The average molecular weight is 375 g/mol. The summed E-state index contributed by atoms with van der Waals surface area (Å²) in [4.78, 5) is 30.5. The van der Waals surface area contributed by atoms with Gasteiger partial charge in [-0.2, -0.15) is 0 Å². The molecule has 0 aliphatic rings. The molecule has 1 aromatic carbocycles. The molecule has 0 atom stereocenters. The van der Waals surface area contributed by atoms with Crippen LogP contribution in [0.1, 0.15) is 30.1 Å². The van der Waals surface area contributed by atoms with E-state index >= 15 is 0 Å². The zero-order chi connectivity index (χ0) is 18.9. The van der Waals surface area contributed by atoms with E-state index in [0.29, 0.717) is 19.6 Å². The van der Waals surface area contributed by atoms with Crippen molar-refractivity contribution < 1.29 is 9.59 Å². The van der Waals surface area contributed by atoms with Crippen molar-refractivity contribution in [1.29, 1.82) is 0 Å². The Morgan fingerprint density at radius 2 is 1.96 bits per heavy atom. The molecule has 7 heteroatoms. The van der Waals surface area contributed by atoms with Gasteiger partial charge in [-0.25, -0.2) is 4.98 Å². The van der Waals surface area contributed by atoms with Crippen LogP contribution in [0.3, 0.4) is 0 Å². The molecule has 2 N–H and O–H groups in total. The second-order valence-corrected chi connectivity index (χ2v) is 6.97. The van der Waals surface area contributed by atoms with Crippen LogP contribution in [0.15, 0.2) is 29.6 Å². The van der Waals surface area contributed by atoms with E-state index in [1.54, 1.807) is 0 Å². The number of aromatic nitrogens is 1. The lowest BCUT2D eigenvalue weighted by Crippen LogP contribution is -2.36. The van der Waals surface area contributed by atoms with E-state index in [0.717, 1.165) is 28.5 Å². The molecule has 140 valence electrons. The number of rotatable bonds is 9. The minimum absolute atomic E-state index is 0.0161. The number of benzene rings is 1. The number of para-hydroxylation sites is 1. The van der Waals surface area contributed by atoms with Crippen LogP contribution in [0.5, 0.6) is 0 Å². The van der Waals surface area contributed by atoms with Gasteiger partial charge in [0.1, 0.15) is 5.01 Å². The van der Waals surface area contributed by atoms with Crippen LogP contribution >= 0.6 is 11.3 Å². The van der Waals surface area contributed by atoms with E-state index in [1.165, 1.54) is 11.3 Å². The van der Waals surface area contributed by atoms with Gasteiger partial charge in [-0.1, -0.05) is 25.1 Å². The Balaban J connectivity index is 1.89. The normalized spacial score (nSPS) is 10.8. The summed E-state index contributed by atoms with van der Waals surface area (Å²) in [7, 11) is 0. The van der Waals surface area contributed by atoms with Crippen LogP contribution in [0.25, 0.3) is 0 Å². The molecular formula is C19H26N4O2S. The van der Waals surface area contributed by atoms with E-state index < -0.39 is 0 Å². The van der Waals surface area contributed by atoms with Crippen molar-refractivity contribution in [2.45, 2.75) is 33.7 Å². The number of aryl methyl sites for hydroxylation is 1. The van der Waals surface area contributed by atoms with E-state index in [2.05, 4.69) is 15.6 Å². The number of carbonyl (C=O) groups is 2. The molecule has 2 aromatic rings. The molecule has 0 spiro atoms. The Morgan fingerprint density at radius 3 is 2.65 bits per heavy atom. The van der Waals surface area contributed by atoms with Crippen molar-refractivity contribution >= 4 is 28.8 Å². The van der Waals surface area contributed by atoms with Gasteiger partial charge in [0.15, 0.2) is 0 Å². The number of nitrogens with one attached hydrogen (secondary N) is 2. The highest BCUT2D eigenvalue weighted by Crippen LogP contribution is 2.16. The lowest BCUT2D eigenvalue weighted by molar-refractivity contribution is -0.122. The lowest BCUT2D eigenvalue weighted by atomic mass is 10.2. The van der Waals surface area contributed by atoms with Crippen molar-refractivity contribution in [2.75, 3.05) is 25.0 Å². The molecule has 0 aliphatic heterocycles. The monoisotopic (exact) mass is 374 g/mol. The summed E-state index contributed by atoms with van der Waals surface area (Å²) in [5.74, 6) is -0.0581. The van der Waals surface area contributed by atoms with Crippen LogP contribution in [-0.4, -0.2) is 41.3 Å². The highest BCUT2D eigenvalue weighted by Gasteiger charge is 2.13. The van der Waals surface area contributed by atoms with Gasteiger partial charge in [0.05, 0.1) is 18.7 Å². The molecule has 0 saturated heterocycles. The predicted molar refractivity (Wildman–Crippen MR) is 105 cm³/mol. The first-order valence-electron chi connectivity index (χ1n) is 8.79. The summed E-state index contributed by atoms with van der Waals surface area (Å²) in [6.07, 6.45) is 0.251. The summed E-state index contributed by atoms with van der Waals surface area (Å²) in [6.45, 7) is 8.23. The molecule has 2 amide bonds. The number of thiazole rings is 1. The molecule has 26 heavy (non-hydrogen) atoms. The maximum Gasteiger partial charge on any atom is 0.234 e. The van der Waals surface area contributed by atoms with Crippen molar-refractivity contribution in [3.63, 3.8) is 0 Å². The van der Waals surface area contributed by atoms with Crippen LogP contribution in [0.2, 0.25) is 0 Å². The van der Waals surface area contributed by atoms with Crippen LogP contribution in [0.4, 0.5) is 5.69 Å². The number of carbonyl (C=O) groups excluding carboxylic acids is 2. The van der Waals surface area contributed by atoms with Gasteiger partial charge in [-0.05, 0) is 32.0 Å². The molecule has 0 bridgehead atoms. The molecule has 1 aromatic heterocycles. The largest absolute Gasteiger partial charge is 0.355 e. The first-order chi connectivity index (χ1) is 12.5. The van der Waals surface area contributed by atoms with Gasteiger partial charge in [-0.15, -0.1) is 11.3 Å². The summed E-state index contributed by atoms with van der Waals surface area (Å²) in [6, 6.07) is 7.70. The Morgan fingerprint density at radius 1 is 1.19 bits per heavy atom. The molecular weight excluding hydrogens is 348 g/mol. The number of hydrogen-bond acceptors (Lipinski definition) is 5. The number of likely N-dealkylation sites (N-methyl/N-ethyl adjacent to an activating group) is 2. The van der Waals surface area contributed by atoms with Crippen LogP contribution < -0.4 is 10.6 Å². The Bertz CT molecular complexity index is 745. The molecule has 2 rings (SSSR count). The Kier molecular flexibility index (Phi) is 7.74. The van der Waals surface area contributed by atoms with Crippen LogP contribution in [0, 0.1) is 6.92 Å². The molecule has 6 nitrogen and oxygen atoms in total. The lowest BCUT2D eigenvalue weighted by Gasteiger charge is -2.18. The Labute approximate surface area is 158 Å². The smallest absolute Gasteiger partial charge is 0.234 e. The topological polar surface area (TPSA) is 74.3 Å². The predicted octanol–water partition coefficient (Wildman–Crippen LogP) is 2.59. The Hall–Kier alpha value is -2.25. The van der Waals surface area contributed by atoms with Gasteiger partial charge in [0.25, 0.3) is 0 Å². The molecule has 1 heterocycles. The number of anilines is 1. The SMILES string of the molecule is CCNC(=O)CN(CC)Cc1csc(CC(=O)Nc2ccccc2C)n1. The zero-order valence-corrected chi connectivity index (χ0v) is 16.4. The maximum atomic E-state index is 12.2. The van der Waals surface area contributed by atoms with E-state index in [-0.39, 0.29) is 18.2 Å². The summed E-state index contributed by atoms with van der Waals surface area (Å²) in [5.41, 5.74) is 2.75. The number of hydrogen-bond donors (Lipinski definition) is 2. The number of nitrogens with zero attached hydrogens (tertiary/aromatic N) is 2. The third-order valence-electron chi connectivity index (χ3n) is 3.90. The van der Waals surface area contributed by atoms with E-state index in [4.69, 9.17) is 0 Å². The second kappa shape index (κ2) is 10.0. The fourth-order valence-electron chi connectivity index (χ4n) is 2.51. The van der Waals surface area contributed by atoms with E-state index in [9.17, 15) is 9.59 Å². The molecule has 0 unspecified atom stereocenters. The second-order valence-electron chi connectivity index (χ2n) is 6.03. The fourth-order valence-corrected chi connectivity index (χ4v) is 3.30. The molecule has 0 aliphatic carbocycles. The van der Waals surface area contributed by atoms with Crippen molar-refractivity contribution in [3.05, 3.63) is 45.9 Å².